The molecule has 2 rings (SSSR count). The number of halogens is 1. The summed E-state index contributed by atoms with van der Waals surface area (Å²) in [6.07, 6.45) is 0. The predicted molar refractivity (Wildman–Crippen MR) is 103 cm³/mol. The maximum Gasteiger partial charge on any atom is 0.262 e. The van der Waals surface area contributed by atoms with E-state index < -0.39 is 0 Å². The molecule has 0 unspecified atom stereocenters. The third-order valence-corrected chi connectivity index (χ3v) is 4.30. The average Bonchev–Trinajstić information content (AvgIpc) is 2.56. The molecule has 0 aliphatic rings. The smallest absolute Gasteiger partial charge is 0.262 e. The highest BCUT2D eigenvalue weighted by atomic mass is 79.9. The minimum Gasteiger partial charge on any atom is -0.483 e. The van der Waals surface area contributed by atoms with Crippen LogP contribution in [0.5, 0.6) is 5.75 Å². The molecule has 0 saturated heterocycles. The Hall–Kier alpha value is -2.01. The number of nitrogens with one attached hydrogen (secondary N) is 1. The van der Waals surface area contributed by atoms with E-state index in [4.69, 9.17) is 4.74 Å². The van der Waals surface area contributed by atoms with Crippen molar-refractivity contribution in [2.24, 2.45) is 0 Å². The van der Waals surface area contributed by atoms with Crippen LogP contribution in [-0.2, 0) is 4.79 Å². The van der Waals surface area contributed by atoms with Crippen molar-refractivity contribution in [3.63, 3.8) is 0 Å². The van der Waals surface area contributed by atoms with Gasteiger partial charge in [0.25, 0.3) is 5.91 Å². The normalized spacial score (nSPS) is 10.5. The first-order valence-corrected chi connectivity index (χ1v) is 8.84. The zero-order valence-corrected chi connectivity index (χ0v) is 15.8. The molecule has 4 nitrogen and oxygen atoms in total. The standard InChI is InChI=1S/C19H23BrN2O2/c1-4-22(14(2)3)16-11-9-15(10-12-16)21-19(23)13-24-18-8-6-5-7-17(18)20/h5-12,14H,4,13H2,1-3H3,(H,21,23). The van der Waals surface area contributed by atoms with Gasteiger partial charge in [0.15, 0.2) is 6.61 Å². The lowest BCUT2D eigenvalue weighted by molar-refractivity contribution is -0.118. The second kappa shape index (κ2) is 8.73. The van der Waals surface area contributed by atoms with Gasteiger partial charge < -0.3 is 15.0 Å². The molecule has 0 saturated carbocycles. The molecule has 0 aliphatic heterocycles. The van der Waals surface area contributed by atoms with Crippen molar-refractivity contribution in [3.8, 4) is 5.75 Å². The van der Waals surface area contributed by atoms with Crippen molar-refractivity contribution in [1.82, 2.24) is 0 Å². The summed E-state index contributed by atoms with van der Waals surface area (Å²) in [5.74, 6) is 0.466. The van der Waals surface area contributed by atoms with E-state index in [0.717, 1.165) is 22.4 Å². The molecule has 0 radical (unpaired) electrons. The molecule has 128 valence electrons. The molecule has 0 spiro atoms. The summed E-state index contributed by atoms with van der Waals surface area (Å²) < 4.78 is 6.34. The third kappa shape index (κ3) is 4.99. The Morgan fingerprint density at radius 3 is 2.42 bits per heavy atom. The number of benzene rings is 2. The van der Waals surface area contributed by atoms with Crippen LogP contribution in [0.15, 0.2) is 53.0 Å². The number of para-hydroxylation sites is 1. The summed E-state index contributed by atoms with van der Waals surface area (Å²) in [5.41, 5.74) is 1.91. The van der Waals surface area contributed by atoms with Crippen LogP contribution < -0.4 is 15.0 Å². The molecule has 2 aromatic carbocycles. The molecule has 0 aliphatic carbocycles. The summed E-state index contributed by atoms with van der Waals surface area (Å²) in [6.45, 7) is 7.38. The van der Waals surface area contributed by atoms with E-state index >= 15 is 0 Å². The second-order valence-electron chi connectivity index (χ2n) is 5.69. The minimum absolute atomic E-state index is 0.0303. The molecule has 0 heterocycles. The number of carbonyl (C=O) groups is 1. The maximum absolute atomic E-state index is 12.0. The molecule has 0 aromatic heterocycles. The van der Waals surface area contributed by atoms with E-state index in [-0.39, 0.29) is 12.5 Å². The number of amides is 1. The minimum atomic E-state index is -0.185. The Bertz CT molecular complexity index is 671. The Balaban J connectivity index is 1.91. The van der Waals surface area contributed by atoms with Crippen LogP contribution in [0.1, 0.15) is 20.8 Å². The van der Waals surface area contributed by atoms with Crippen LogP contribution in [-0.4, -0.2) is 25.1 Å². The van der Waals surface area contributed by atoms with Crippen LogP contribution in [0.3, 0.4) is 0 Å². The largest absolute Gasteiger partial charge is 0.483 e. The molecule has 0 bridgehead atoms. The number of rotatable bonds is 7. The molecular formula is C19H23BrN2O2. The second-order valence-corrected chi connectivity index (χ2v) is 6.55. The fraction of sp³-hybridized carbons (Fsp3) is 0.316. The lowest BCUT2D eigenvalue weighted by Gasteiger charge is -2.27. The fourth-order valence-electron chi connectivity index (χ4n) is 2.48. The van der Waals surface area contributed by atoms with Crippen molar-refractivity contribution < 1.29 is 9.53 Å². The van der Waals surface area contributed by atoms with Crippen molar-refractivity contribution in [3.05, 3.63) is 53.0 Å². The fourth-order valence-corrected chi connectivity index (χ4v) is 2.88. The first-order valence-electron chi connectivity index (χ1n) is 8.05. The van der Waals surface area contributed by atoms with Gasteiger partial charge in [-0.3, -0.25) is 4.79 Å². The van der Waals surface area contributed by atoms with E-state index in [1.807, 2.05) is 48.5 Å². The topological polar surface area (TPSA) is 41.6 Å². The van der Waals surface area contributed by atoms with Gasteiger partial charge in [0, 0.05) is 24.0 Å². The van der Waals surface area contributed by atoms with Gasteiger partial charge in [0.05, 0.1) is 4.47 Å². The van der Waals surface area contributed by atoms with E-state index in [1.165, 1.54) is 0 Å². The van der Waals surface area contributed by atoms with Crippen LogP contribution in [0.2, 0.25) is 0 Å². The van der Waals surface area contributed by atoms with E-state index in [0.29, 0.717) is 11.8 Å². The maximum atomic E-state index is 12.0. The Morgan fingerprint density at radius 2 is 1.83 bits per heavy atom. The number of nitrogens with zero attached hydrogens (tertiary/aromatic N) is 1. The van der Waals surface area contributed by atoms with Crippen LogP contribution >= 0.6 is 15.9 Å². The van der Waals surface area contributed by atoms with Gasteiger partial charge in [-0.15, -0.1) is 0 Å². The molecule has 0 fully saturated rings. The van der Waals surface area contributed by atoms with Crippen LogP contribution in [0, 0.1) is 0 Å². The van der Waals surface area contributed by atoms with Crippen LogP contribution in [0.4, 0.5) is 11.4 Å². The molecule has 24 heavy (non-hydrogen) atoms. The summed E-state index contributed by atoms with van der Waals surface area (Å²) in [4.78, 5) is 14.3. The zero-order valence-electron chi connectivity index (χ0n) is 14.3. The Labute approximate surface area is 151 Å². The number of carbonyl (C=O) groups excluding carboxylic acids is 1. The molecule has 1 amide bonds. The van der Waals surface area contributed by atoms with Gasteiger partial charge in [0.2, 0.25) is 0 Å². The lowest BCUT2D eigenvalue weighted by atomic mass is 10.2. The first-order chi connectivity index (χ1) is 11.5. The molecule has 2 aromatic rings. The van der Waals surface area contributed by atoms with Gasteiger partial charge in [-0.05, 0) is 73.1 Å². The highest BCUT2D eigenvalue weighted by Crippen LogP contribution is 2.24. The highest BCUT2D eigenvalue weighted by molar-refractivity contribution is 9.10. The number of hydrogen-bond donors (Lipinski definition) is 1. The van der Waals surface area contributed by atoms with E-state index in [9.17, 15) is 4.79 Å². The quantitative estimate of drug-likeness (QED) is 0.744. The number of anilines is 2. The highest BCUT2D eigenvalue weighted by Gasteiger charge is 2.09. The summed E-state index contributed by atoms with van der Waals surface area (Å²) in [6, 6.07) is 15.8. The monoisotopic (exact) mass is 390 g/mol. The van der Waals surface area contributed by atoms with Crippen LogP contribution in [0.25, 0.3) is 0 Å². The van der Waals surface area contributed by atoms with Crippen molar-refractivity contribution in [1.29, 1.82) is 0 Å². The molecule has 0 atom stereocenters. The lowest BCUT2D eigenvalue weighted by Crippen LogP contribution is -2.30. The van der Waals surface area contributed by atoms with Gasteiger partial charge in [-0.25, -0.2) is 0 Å². The van der Waals surface area contributed by atoms with Gasteiger partial charge in [-0.2, -0.15) is 0 Å². The molecule has 1 N–H and O–H groups in total. The number of ether oxygens (including phenoxy) is 1. The van der Waals surface area contributed by atoms with E-state index in [1.54, 1.807) is 0 Å². The van der Waals surface area contributed by atoms with Crippen molar-refractivity contribution >= 4 is 33.2 Å². The van der Waals surface area contributed by atoms with Gasteiger partial charge >= 0.3 is 0 Å². The summed E-state index contributed by atoms with van der Waals surface area (Å²) in [5, 5.41) is 2.85. The van der Waals surface area contributed by atoms with E-state index in [2.05, 4.69) is 46.9 Å². The zero-order chi connectivity index (χ0) is 17.5. The van der Waals surface area contributed by atoms with Gasteiger partial charge in [-0.1, -0.05) is 12.1 Å². The molecule has 5 heteroatoms. The third-order valence-electron chi connectivity index (χ3n) is 3.64. The van der Waals surface area contributed by atoms with Crippen molar-refractivity contribution in [2.75, 3.05) is 23.4 Å². The summed E-state index contributed by atoms with van der Waals surface area (Å²) >= 11 is 3.39. The Kier molecular flexibility index (Phi) is 6.67. The number of hydrogen-bond acceptors (Lipinski definition) is 3. The summed E-state index contributed by atoms with van der Waals surface area (Å²) in [7, 11) is 0. The average molecular weight is 391 g/mol. The van der Waals surface area contributed by atoms with Crippen molar-refractivity contribution in [2.45, 2.75) is 26.8 Å². The molecular weight excluding hydrogens is 368 g/mol. The van der Waals surface area contributed by atoms with Gasteiger partial charge in [0.1, 0.15) is 5.75 Å². The predicted octanol–water partition coefficient (Wildman–Crippen LogP) is 4.70. The SMILES string of the molecule is CCN(c1ccc(NC(=O)COc2ccccc2Br)cc1)C(C)C. The first kappa shape index (κ1) is 18.3. The Morgan fingerprint density at radius 1 is 1.17 bits per heavy atom.